The number of carbonyl (C=O) groups is 1. The van der Waals surface area contributed by atoms with E-state index in [9.17, 15) is 4.79 Å². The van der Waals surface area contributed by atoms with Crippen LogP contribution in [0.4, 0.5) is 4.79 Å². The predicted octanol–water partition coefficient (Wildman–Crippen LogP) is 0.458. The zero-order chi connectivity index (χ0) is 10.7. The maximum absolute atomic E-state index is 11.7. The Balaban J connectivity index is 2.46. The van der Waals surface area contributed by atoms with Gasteiger partial charge in [-0.05, 0) is 12.8 Å². The maximum Gasteiger partial charge on any atom is 0.319 e. The third-order valence-corrected chi connectivity index (χ3v) is 2.24. The van der Waals surface area contributed by atoms with Gasteiger partial charge in [-0.15, -0.1) is 0 Å². The molecule has 0 aromatic rings. The van der Waals surface area contributed by atoms with Crippen LogP contribution in [0.3, 0.4) is 0 Å². The van der Waals surface area contributed by atoms with Gasteiger partial charge in [-0.25, -0.2) is 4.79 Å². The first-order valence-corrected chi connectivity index (χ1v) is 4.83. The summed E-state index contributed by atoms with van der Waals surface area (Å²) < 4.78 is 0. The summed E-state index contributed by atoms with van der Waals surface area (Å²) >= 11 is 0. The van der Waals surface area contributed by atoms with Crippen molar-refractivity contribution in [2.45, 2.75) is 25.3 Å². The van der Waals surface area contributed by atoms with Crippen LogP contribution in [0.2, 0.25) is 0 Å². The van der Waals surface area contributed by atoms with E-state index in [1.807, 2.05) is 0 Å². The Kier molecular flexibility index (Phi) is 3.33. The normalized spacial score (nSPS) is 15.0. The fraction of sp³-hybridized carbons (Fsp3) is 0.778. The Hall–Kier alpha value is -1.26. The highest BCUT2D eigenvalue weighted by Gasteiger charge is 2.32. The topological polar surface area (TPSA) is 73.4 Å². The van der Waals surface area contributed by atoms with Crippen molar-refractivity contribution in [1.29, 1.82) is 5.41 Å². The highest BCUT2D eigenvalue weighted by atomic mass is 16.2. The molecule has 0 aromatic heterocycles. The quantitative estimate of drug-likeness (QED) is 0.508. The molecule has 80 valence electrons. The SMILES string of the molecule is CN(C)C(=O)N(CCC(=N)N)C1CC1. The van der Waals surface area contributed by atoms with E-state index in [4.69, 9.17) is 11.1 Å². The molecule has 5 nitrogen and oxygen atoms in total. The second-order valence-corrected chi connectivity index (χ2v) is 3.88. The van der Waals surface area contributed by atoms with Gasteiger partial charge in [-0.2, -0.15) is 0 Å². The smallest absolute Gasteiger partial charge is 0.319 e. The molecular weight excluding hydrogens is 180 g/mol. The number of hydrogen-bond donors (Lipinski definition) is 2. The fourth-order valence-corrected chi connectivity index (χ4v) is 1.32. The number of nitrogens with one attached hydrogen (secondary N) is 1. The molecule has 1 fully saturated rings. The molecule has 0 radical (unpaired) electrons. The summed E-state index contributed by atoms with van der Waals surface area (Å²) in [7, 11) is 3.48. The number of amides is 2. The number of carbonyl (C=O) groups excluding carboxylic acids is 1. The molecule has 5 heteroatoms. The second-order valence-electron chi connectivity index (χ2n) is 3.88. The lowest BCUT2D eigenvalue weighted by atomic mass is 10.3. The summed E-state index contributed by atoms with van der Waals surface area (Å²) in [4.78, 5) is 15.1. The van der Waals surface area contributed by atoms with Gasteiger partial charge in [0.2, 0.25) is 0 Å². The number of nitrogens with zero attached hydrogens (tertiary/aromatic N) is 2. The van der Waals surface area contributed by atoms with Gasteiger partial charge in [-0.1, -0.05) is 0 Å². The Morgan fingerprint density at radius 2 is 2.07 bits per heavy atom. The molecule has 1 aliphatic carbocycles. The zero-order valence-corrected chi connectivity index (χ0v) is 8.79. The van der Waals surface area contributed by atoms with E-state index in [-0.39, 0.29) is 11.9 Å². The summed E-state index contributed by atoms with van der Waals surface area (Å²) in [5.41, 5.74) is 5.27. The Labute approximate surface area is 84.4 Å². The van der Waals surface area contributed by atoms with E-state index < -0.39 is 0 Å². The number of urea groups is 1. The lowest BCUT2D eigenvalue weighted by Gasteiger charge is -2.25. The van der Waals surface area contributed by atoms with E-state index in [0.717, 1.165) is 12.8 Å². The van der Waals surface area contributed by atoms with E-state index in [2.05, 4.69) is 0 Å². The van der Waals surface area contributed by atoms with Gasteiger partial charge in [0.05, 0.1) is 5.84 Å². The highest BCUT2D eigenvalue weighted by molar-refractivity contribution is 5.79. The van der Waals surface area contributed by atoms with Gasteiger partial charge < -0.3 is 15.5 Å². The van der Waals surface area contributed by atoms with Crippen molar-refractivity contribution >= 4 is 11.9 Å². The summed E-state index contributed by atoms with van der Waals surface area (Å²) in [6, 6.07) is 0.401. The lowest BCUT2D eigenvalue weighted by Crippen LogP contribution is -2.42. The van der Waals surface area contributed by atoms with Gasteiger partial charge in [0.15, 0.2) is 0 Å². The van der Waals surface area contributed by atoms with Crippen LogP contribution in [-0.2, 0) is 0 Å². The summed E-state index contributed by atoms with van der Waals surface area (Å²) in [5, 5.41) is 7.12. The van der Waals surface area contributed by atoms with Crippen LogP contribution in [0, 0.1) is 5.41 Å². The van der Waals surface area contributed by atoms with E-state index in [1.165, 1.54) is 0 Å². The van der Waals surface area contributed by atoms with Gasteiger partial charge in [0.1, 0.15) is 0 Å². The summed E-state index contributed by atoms with van der Waals surface area (Å²) in [5.74, 6) is 0.141. The molecule has 1 saturated carbocycles. The van der Waals surface area contributed by atoms with Crippen molar-refractivity contribution in [1.82, 2.24) is 9.80 Å². The third-order valence-electron chi connectivity index (χ3n) is 2.24. The van der Waals surface area contributed by atoms with Crippen LogP contribution in [0.15, 0.2) is 0 Å². The molecule has 0 unspecified atom stereocenters. The van der Waals surface area contributed by atoms with Crippen LogP contribution < -0.4 is 5.73 Å². The molecule has 0 aromatic carbocycles. The van der Waals surface area contributed by atoms with Crippen molar-refractivity contribution in [3.05, 3.63) is 0 Å². The Morgan fingerprint density at radius 1 is 1.50 bits per heavy atom. The first-order valence-electron chi connectivity index (χ1n) is 4.83. The average Bonchev–Trinajstić information content (AvgIpc) is 2.87. The molecule has 2 amide bonds. The number of nitrogens with two attached hydrogens (primary N) is 1. The Bertz CT molecular complexity index is 235. The predicted molar refractivity (Wildman–Crippen MR) is 55.3 cm³/mol. The molecule has 14 heavy (non-hydrogen) atoms. The second kappa shape index (κ2) is 4.30. The molecule has 3 N–H and O–H groups in total. The van der Waals surface area contributed by atoms with Crippen LogP contribution >= 0.6 is 0 Å². The van der Waals surface area contributed by atoms with E-state index >= 15 is 0 Å². The van der Waals surface area contributed by atoms with E-state index in [1.54, 1.807) is 23.9 Å². The lowest BCUT2D eigenvalue weighted by molar-refractivity contribution is 0.169. The minimum atomic E-state index is 0.0220. The molecule has 0 aliphatic heterocycles. The molecule has 0 bridgehead atoms. The average molecular weight is 198 g/mol. The first kappa shape index (κ1) is 10.8. The summed E-state index contributed by atoms with van der Waals surface area (Å²) in [6.45, 7) is 0.566. The number of rotatable bonds is 4. The maximum atomic E-state index is 11.7. The standard InChI is InChI=1S/C9H18N4O/c1-12(2)9(14)13(7-3-4-7)6-5-8(10)11/h7H,3-6H2,1-2H3,(H3,10,11). The molecule has 1 rings (SSSR count). The largest absolute Gasteiger partial charge is 0.388 e. The van der Waals surface area contributed by atoms with Gasteiger partial charge in [0.25, 0.3) is 0 Å². The molecule has 0 atom stereocenters. The molecule has 1 aliphatic rings. The van der Waals surface area contributed by atoms with Crippen LogP contribution in [0.5, 0.6) is 0 Å². The van der Waals surface area contributed by atoms with Crippen molar-refractivity contribution in [2.75, 3.05) is 20.6 Å². The van der Waals surface area contributed by atoms with Gasteiger partial charge >= 0.3 is 6.03 Å². The zero-order valence-electron chi connectivity index (χ0n) is 8.79. The van der Waals surface area contributed by atoms with Crippen molar-refractivity contribution in [2.24, 2.45) is 5.73 Å². The molecule has 0 heterocycles. The highest BCUT2D eigenvalue weighted by Crippen LogP contribution is 2.27. The molecular formula is C9H18N4O. The molecule has 0 spiro atoms. The number of amidine groups is 1. The van der Waals surface area contributed by atoms with Gasteiger partial charge in [-0.3, -0.25) is 5.41 Å². The van der Waals surface area contributed by atoms with Gasteiger partial charge in [0, 0.05) is 33.1 Å². The minimum absolute atomic E-state index is 0.0220. The minimum Gasteiger partial charge on any atom is -0.388 e. The Morgan fingerprint density at radius 3 is 2.43 bits per heavy atom. The summed E-state index contributed by atoms with van der Waals surface area (Å²) in [6.07, 6.45) is 2.63. The van der Waals surface area contributed by atoms with Crippen molar-refractivity contribution < 1.29 is 4.79 Å². The van der Waals surface area contributed by atoms with Crippen LogP contribution in [0.1, 0.15) is 19.3 Å². The number of hydrogen-bond acceptors (Lipinski definition) is 2. The molecule has 0 saturated heterocycles. The first-order chi connectivity index (χ1) is 6.52. The van der Waals surface area contributed by atoms with Crippen molar-refractivity contribution in [3.63, 3.8) is 0 Å². The monoisotopic (exact) mass is 198 g/mol. The van der Waals surface area contributed by atoms with Crippen LogP contribution in [-0.4, -0.2) is 48.3 Å². The van der Waals surface area contributed by atoms with E-state index in [0.29, 0.717) is 19.0 Å². The third kappa shape index (κ3) is 2.90. The van der Waals surface area contributed by atoms with Crippen molar-refractivity contribution in [3.8, 4) is 0 Å². The van der Waals surface area contributed by atoms with Crippen LogP contribution in [0.25, 0.3) is 0 Å². The fourth-order valence-electron chi connectivity index (χ4n) is 1.32.